The molecule has 35 heavy (non-hydrogen) atoms. The molecule has 0 saturated carbocycles. The monoisotopic (exact) mass is 459 g/mol. The Morgan fingerprint density at radius 2 is 1.26 bits per heavy atom. The number of hydrogen-bond donors (Lipinski definition) is 0. The predicted molar refractivity (Wildman–Crippen MR) is 147 cm³/mol. The van der Waals surface area contributed by atoms with E-state index in [0.717, 1.165) is 35.7 Å². The Morgan fingerprint density at radius 3 is 1.86 bits per heavy atom. The molecular weight excluding hydrogens is 430 g/mol. The van der Waals surface area contributed by atoms with Crippen LogP contribution in [0.1, 0.15) is 18.4 Å². The number of nitrogens with zero attached hydrogens (tertiary/aromatic N) is 1. The highest BCUT2D eigenvalue weighted by Crippen LogP contribution is 2.36. The second kappa shape index (κ2) is 10.4. The summed E-state index contributed by atoms with van der Waals surface area (Å²) in [7, 11) is 3.38. The molecule has 0 unspecified atom stereocenters. The Balaban J connectivity index is 1.45. The van der Waals surface area contributed by atoms with Crippen LogP contribution in [-0.4, -0.2) is 14.2 Å². The van der Waals surface area contributed by atoms with Gasteiger partial charge in [-0.2, -0.15) is 0 Å². The van der Waals surface area contributed by atoms with Crippen molar-refractivity contribution in [1.29, 1.82) is 0 Å². The first-order chi connectivity index (χ1) is 17.2. The second-order valence-electron chi connectivity index (χ2n) is 8.53. The maximum Gasteiger partial charge on any atom is 0.119 e. The summed E-state index contributed by atoms with van der Waals surface area (Å²) in [6, 6.07) is 31.4. The number of hydrogen-bond acceptors (Lipinski definition) is 3. The van der Waals surface area contributed by atoms with Crippen molar-refractivity contribution in [3.05, 3.63) is 126 Å². The van der Waals surface area contributed by atoms with E-state index in [1.807, 2.05) is 24.3 Å². The first-order valence-electron chi connectivity index (χ1n) is 11.9. The van der Waals surface area contributed by atoms with Crippen molar-refractivity contribution < 1.29 is 9.47 Å². The van der Waals surface area contributed by atoms with Gasteiger partial charge in [-0.15, -0.1) is 0 Å². The summed E-state index contributed by atoms with van der Waals surface area (Å²) in [5.74, 6) is 1.70. The average molecular weight is 460 g/mol. The van der Waals surface area contributed by atoms with E-state index in [1.165, 1.54) is 27.6 Å². The highest BCUT2D eigenvalue weighted by molar-refractivity contribution is 5.90. The lowest BCUT2D eigenvalue weighted by atomic mass is 9.98. The molecule has 1 aliphatic carbocycles. The predicted octanol–water partition coefficient (Wildman–Crippen LogP) is 8.31. The van der Waals surface area contributed by atoms with Crippen LogP contribution in [0.4, 0.5) is 11.4 Å². The maximum atomic E-state index is 5.37. The van der Waals surface area contributed by atoms with E-state index in [0.29, 0.717) is 0 Å². The summed E-state index contributed by atoms with van der Waals surface area (Å²) in [5.41, 5.74) is 6.03. The van der Waals surface area contributed by atoms with Crippen LogP contribution >= 0.6 is 0 Å². The third-order valence-corrected chi connectivity index (χ3v) is 6.41. The molecule has 0 N–H and O–H groups in total. The highest BCUT2D eigenvalue weighted by Gasteiger charge is 2.17. The first kappa shape index (κ1) is 22.5. The van der Waals surface area contributed by atoms with Gasteiger partial charge < -0.3 is 14.4 Å². The van der Waals surface area contributed by atoms with E-state index in [2.05, 4.69) is 95.9 Å². The zero-order valence-electron chi connectivity index (χ0n) is 20.1. The van der Waals surface area contributed by atoms with E-state index in [-0.39, 0.29) is 0 Å². The SMILES string of the molecule is COc1ccc(N(C2=CC=C(/C=C/c3cccc4ccccc34)CC2)c2ccc(OC)cc2)cc1. The molecule has 0 aromatic heterocycles. The molecule has 0 aliphatic heterocycles. The third kappa shape index (κ3) is 4.99. The van der Waals surface area contributed by atoms with Gasteiger partial charge in [0.25, 0.3) is 0 Å². The molecule has 0 saturated heterocycles. The summed E-state index contributed by atoms with van der Waals surface area (Å²) in [4.78, 5) is 2.31. The summed E-state index contributed by atoms with van der Waals surface area (Å²) >= 11 is 0. The molecule has 3 heteroatoms. The van der Waals surface area contributed by atoms with Crippen molar-refractivity contribution in [3.63, 3.8) is 0 Å². The molecule has 3 nitrogen and oxygen atoms in total. The van der Waals surface area contributed by atoms with Gasteiger partial charge in [0.05, 0.1) is 14.2 Å². The Labute approximate surface area is 207 Å². The first-order valence-corrected chi connectivity index (χ1v) is 11.9. The van der Waals surface area contributed by atoms with Crippen molar-refractivity contribution in [1.82, 2.24) is 0 Å². The molecule has 0 atom stereocenters. The summed E-state index contributed by atoms with van der Waals surface area (Å²) in [6.07, 6.45) is 10.9. The zero-order valence-corrected chi connectivity index (χ0v) is 20.1. The lowest BCUT2D eigenvalue weighted by Crippen LogP contribution is -2.17. The molecule has 0 bridgehead atoms. The minimum absolute atomic E-state index is 0.849. The van der Waals surface area contributed by atoms with E-state index in [9.17, 15) is 0 Å². The molecule has 0 radical (unpaired) electrons. The van der Waals surface area contributed by atoms with Gasteiger partial charge >= 0.3 is 0 Å². The van der Waals surface area contributed by atoms with Gasteiger partial charge in [0.15, 0.2) is 0 Å². The molecule has 0 heterocycles. The van der Waals surface area contributed by atoms with E-state index in [1.54, 1.807) is 14.2 Å². The molecule has 0 spiro atoms. The molecule has 0 amide bonds. The van der Waals surface area contributed by atoms with Gasteiger partial charge in [0.2, 0.25) is 0 Å². The topological polar surface area (TPSA) is 21.7 Å². The summed E-state index contributed by atoms with van der Waals surface area (Å²) in [5, 5.41) is 2.55. The van der Waals surface area contributed by atoms with Crippen LogP contribution in [0.5, 0.6) is 11.5 Å². The smallest absolute Gasteiger partial charge is 0.119 e. The van der Waals surface area contributed by atoms with Crippen molar-refractivity contribution in [2.45, 2.75) is 12.8 Å². The number of allylic oxidation sites excluding steroid dienone is 5. The minimum Gasteiger partial charge on any atom is -0.497 e. The fourth-order valence-corrected chi connectivity index (χ4v) is 4.50. The van der Waals surface area contributed by atoms with Gasteiger partial charge in [0, 0.05) is 17.1 Å². The normalized spacial score (nSPS) is 13.4. The van der Waals surface area contributed by atoms with Crippen LogP contribution in [0, 0.1) is 0 Å². The summed E-state index contributed by atoms with van der Waals surface area (Å²) in [6.45, 7) is 0. The Morgan fingerprint density at radius 1 is 0.629 bits per heavy atom. The molecular formula is C32H29NO2. The van der Waals surface area contributed by atoms with Crippen LogP contribution < -0.4 is 14.4 Å². The quantitative estimate of drug-likeness (QED) is 0.277. The Kier molecular flexibility index (Phi) is 6.67. The second-order valence-corrected chi connectivity index (χ2v) is 8.53. The van der Waals surface area contributed by atoms with Crippen molar-refractivity contribution in [2.75, 3.05) is 19.1 Å². The highest BCUT2D eigenvalue weighted by atomic mass is 16.5. The molecule has 4 aromatic carbocycles. The number of methoxy groups -OCH3 is 2. The van der Waals surface area contributed by atoms with Crippen LogP contribution in [0.2, 0.25) is 0 Å². The molecule has 5 rings (SSSR count). The third-order valence-electron chi connectivity index (χ3n) is 6.41. The molecule has 1 aliphatic rings. The maximum absolute atomic E-state index is 5.37. The lowest BCUT2D eigenvalue weighted by molar-refractivity contribution is 0.415. The van der Waals surface area contributed by atoms with Crippen LogP contribution in [0.25, 0.3) is 16.8 Å². The van der Waals surface area contributed by atoms with Gasteiger partial charge in [-0.3, -0.25) is 0 Å². The largest absolute Gasteiger partial charge is 0.497 e. The van der Waals surface area contributed by atoms with E-state index < -0.39 is 0 Å². The molecule has 174 valence electrons. The van der Waals surface area contributed by atoms with Crippen LogP contribution in [-0.2, 0) is 0 Å². The van der Waals surface area contributed by atoms with Crippen LogP contribution in [0.3, 0.4) is 0 Å². The zero-order chi connectivity index (χ0) is 24.0. The van der Waals surface area contributed by atoms with E-state index in [4.69, 9.17) is 9.47 Å². The Bertz CT molecular complexity index is 1340. The van der Waals surface area contributed by atoms with Crippen molar-refractivity contribution >= 4 is 28.2 Å². The van der Waals surface area contributed by atoms with Gasteiger partial charge in [-0.1, -0.05) is 60.7 Å². The van der Waals surface area contributed by atoms with E-state index >= 15 is 0 Å². The fraction of sp³-hybridized carbons (Fsp3) is 0.125. The number of fused-ring (bicyclic) bond motifs is 1. The Hall–Kier alpha value is -4.24. The van der Waals surface area contributed by atoms with Gasteiger partial charge in [0.1, 0.15) is 11.5 Å². The number of benzene rings is 4. The molecule has 0 fully saturated rings. The number of anilines is 2. The van der Waals surface area contributed by atoms with Gasteiger partial charge in [-0.05, 0) is 89.4 Å². The van der Waals surface area contributed by atoms with Crippen molar-refractivity contribution in [3.8, 4) is 11.5 Å². The fourth-order valence-electron chi connectivity index (χ4n) is 4.50. The molecule has 4 aromatic rings. The van der Waals surface area contributed by atoms with Gasteiger partial charge in [-0.25, -0.2) is 0 Å². The standard InChI is InChI=1S/C32H29NO2/c1-34-30-20-16-28(17-21-30)33(29-18-22-31(35-2)23-19-29)27-14-11-24(12-15-27)10-13-26-8-5-7-25-6-3-4-9-32(25)26/h3-11,13-14,16-23H,12,15H2,1-2H3/b13-10+. The lowest BCUT2D eigenvalue weighted by Gasteiger charge is -2.29. The van der Waals surface area contributed by atoms with Crippen LogP contribution in [0.15, 0.2) is 120 Å². The number of ether oxygens (including phenoxy) is 2. The average Bonchev–Trinajstić information content (AvgIpc) is 2.93. The minimum atomic E-state index is 0.849. The number of rotatable bonds is 7. The summed E-state index contributed by atoms with van der Waals surface area (Å²) < 4.78 is 10.7. The van der Waals surface area contributed by atoms with Crippen molar-refractivity contribution in [2.24, 2.45) is 0 Å².